The Hall–Kier alpha value is -0.420. The quantitative estimate of drug-likeness (QED) is 0.886. The van der Waals surface area contributed by atoms with Crippen LogP contribution < -0.4 is 5.32 Å². The van der Waals surface area contributed by atoms with Gasteiger partial charge in [0.1, 0.15) is 0 Å². The van der Waals surface area contributed by atoms with Gasteiger partial charge < -0.3 is 5.32 Å². The van der Waals surface area contributed by atoms with E-state index >= 15 is 0 Å². The monoisotopic (exact) mass is 337 g/mol. The van der Waals surface area contributed by atoms with E-state index in [1.807, 2.05) is 0 Å². The largest absolute Gasteiger partial charge is 0.312 e. The van der Waals surface area contributed by atoms with E-state index < -0.39 is 0 Å². The van der Waals surface area contributed by atoms with Crippen molar-refractivity contribution in [2.24, 2.45) is 0 Å². The predicted octanol–water partition coefficient (Wildman–Crippen LogP) is 1.97. The number of halogens is 1. The lowest BCUT2D eigenvalue weighted by atomic mass is 9.94. The molecule has 110 valence electrons. The van der Waals surface area contributed by atoms with Crippen molar-refractivity contribution in [3.05, 3.63) is 34.3 Å². The third-order valence-electron chi connectivity index (χ3n) is 4.62. The Morgan fingerprint density at radius 1 is 1.20 bits per heavy atom. The molecule has 2 unspecified atom stereocenters. The zero-order chi connectivity index (χ0) is 13.9. The molecule has 1 aromatic rings. The molecule has 3 heterocycles. The second kappa shape index (κ2) is 6.56. The minimum atomic E-state index is 0.560. The van der Waals surface area contributed by atoms with Gasteiger partial charge >= 0.3 is 0 Å². The summed E-state index contributed by atoms with van der Waals surface area (Å²) in [6, 6.07) is 10.0. The minimum absolute atomic E-state index is 0.560. The van der Waals surface area contributed by atoms with E-state index in [1.54, 1.807) is 0 Å². The Balaban J connectivity index is 1.70. The van der Waals surface area contributed by atoms with E-state index in [1.165, 1.54) is 38.3 Å². The van der Waals surface area contributed by atoms with Crippen LogP contribution in [0.5, 0.6) is 0 Å². The fourth-order valence-corrected chi connectivity index (χ4v) is 3.78. The normalized spacial score (nSPS) is 30.4. The number of rotatable bonds is 5. The van der Waals surface area contributed by atoms with Gasteiger partial charge in [0, 0.05) is 49.3 Å². The predicted molar refractivity (Wildman–Crippen MR) is 87.1 cm³/mol. The molecular weight excluding hydrogens is 314 g/mol. The van der Waals surface area contributed by atoms with Crippen LogP contribution in [0.1, 0.15) is 12.5 Å². The Labute approximate surface area is 130 Å². The summed E-state index contributed by atoms with van der Waals surface area (Å²) in [6.45, 7) is 9.49. The number of nitrogens with one attached hydrogen (secondary N) is 1. The summed E-state index contributed by atoms with van der Waals surface area (Å²) in [5, 5.41) is 3.72. The molecule has 1 N–H and O–H groups in total. The van der Waals surface area contributed by atoms with E-state index in [0.717, 1.165) is 17.4 Å². The molecule has 0 amide bonds. The molecule has 20 heavy (non-hydrogen) atoms. The Bertz CT molecular complexity index is 426. The summed E-state index contributed by atoms with van der Waals surface area (Å²) in [5.41, 5.74) is 1.43. The van der Waals surface area contributed by atoms with Gasteiger partial charge in [0.25, 0.3) is 0 Å². The average Bonchev–Trinajstić information content (AvgIpc) is 2.50. The summed E-state index contributed by atoms with van der Waals surface area (Å²) >= 11 is 3.52. The van der Waals surface area contributed by atoms with Gasteiger partial charge in [-0.25, -0.2) is 0 Å². The van der Waals surface area contributed by atoms with E-state index in [2.05, 4.69) is 62.2 Å². The highest BCUT2D eigenvalue weighted by Crippen LogP contribution is 2.21. The lowest BCUT2D eigenvalue weighted by Gasteiger charge is -2.50. The number of benzene rings is 1. The summed E-state index contributed by atoms with van der Waals surface area (Å²) in [6.07, 6.45) is 1.12. The van der Waals surface area contributed by atoms with Crippen molar-refractivity contribution >= 4 is 15.9 Å². The molecule has 0 saturated carbocycles. The molecule has 1 aromatic carbocycles. The van der Waals surface area contributed by atoms with E-state index in [-0.39, 0.29) is 0 Å². The molecule has 3 aliphatic heterocycles. The molecule has 0 radical (unpaired) electrons. The summed E-state index contributed by atoms with van der Waals surface area (Å²) in [7, 11) is 0. The number of hydrogen-bond acceptors (Lipinski definition) is 3. The van der Waals surface area contributed by atoms with Crippen molar-refractivity contribution in [3.63, 3.8) is 0 Å². The number of nitrogens with zero attached hydrogens (tertiary/aromatic N) is 2. The van der Waals surface area contributed by atoms with Crippen LogP contribution in [-0.2, 0) is 6.42 Å². The highest BCUT2D eigenvalue weighted by molar-refractivity contribution is 9.10. The molecule has 4 heteroatoms. The van der Waals surface area contributed by atoms with Crippen LogP contribution >= 0.6 is 15.9 Å². The number of piperazine rings is 3. The number of likely N-dealkylation sites (N-methyl/N-ethyl adjacent to an activating group) is 1. The maximum absolute atomic E-state index is 3.72. The van der Waals surface area contributed by atoms with Crippen LogP contribution in [0.4, 0.5) is 0 Å². The summed E-state index contributed by atoms with van der Waals surface area (Å²) < 4.78 is 1.16. The summed E-state index contributed by atoms with van der Waals surface area (Å²) in [4.78, 5) is 5.31. The first kappa shape index (κ1) is 14.5. The van der Waals surface area contributed by atoms with Gasteiger partial charge in [-0.2, -0.15) is 0 Å². The topological polar surface area (TPSA) is 18.5 Å². The van der Waals surface area contributed by atoms with Crippen LogP contribution in [0.3, 0.4) is 0 Å². The molecule has 3 fully saturated rings. The Kier molecular flexibility index (Phi) is 4.76. The van der Waals surface area contributed by atoms with Crippen LogP contribution in [0.25, 0.3) is 0 Å². The minimum Gasteiger partial charge on any atom is -0.312 e. The van der Waals surface area contributed by atoms with Gasteiger partial charge in [-0.15, -0.1) is 0 Å². The molecule has 0 aromatic heterocycles. The van der Waals surface area contributed by atoms with Gasteiger partial charge in [-0.1, -0.05) is 35.0 Å². The molecule has 0 aliphatic carbocycles. The van der Waals surface area contributed by atoms with Crippen LogP contribution in [0.2, 0.25) is 0 Å². The van der Waals surface area contributed by atoms with Crippen LogP contribution in [-0.4, -0.2) is 61.2 Å². The lowest BCUT2D eigenvalue weighted by molar-refractivity contribution is -0.00288. The lowest BCUT2D eigenvalue weighted by Crippen LogP contribution is -2.66. The third-order valence-corrected chi connectivity index (χ3v) is 5.15. The van der Waals surface area contributed by atoms with Gasteiger partial charge in [0.15, 0.2) is 0 Å². The highest BCUT2D eigenvalue weighted by atomic mass is 79.9. The zero-order valence-corrected chi connectivity index (χ0v) is 13.8. The third kappa shape index (κ3) is 3.25. The van der Waals surface area contributed by atoms with E-state index in [0.29, 0.717) is 12.1 Å². The molecule has 3 nitrogen and oxygen atoms in total. The number of fused-ring (bicyclic) bond motifs is 3. The van der Waals surface area contributed by atoms with Crippen molar-refractivity contribution in [2.45, 2.75) is 25.4 Å². The molecule has 2 bridgehead atoms. The second-order valence-corrected chi connectivity index (χ2v) is 6.81. The number of hydrogen-bond donors (Lipinski definition) is 1. The Morgan fingerprint density at radius 2 is 1.90 bits per heavy atom. The van der Waals surface area contributed by atoms with Crippen molar-refractivity contribution < 1.29 is 0 Å². The van der Waals surface area contributed by atoms with Crippen molar-refractivity contribution in [3.8, 4) is 0 Å². The molecule has 0 spiro atoms. The second-order valence-electron chi connectivity index (χ2n) is 5.90. The molecule has 3 saturated heterocycles. The zero-order valence-electron chi connectivity index (χ0n) is 12.2. The van der Waals surface area contributed by atoms with E-state index in [4.69, 9.17) is 0 Å². The highest BCUT2D eigenvalue weighted by Gasteiger charge is 2.36. The molecule has 4 rings (SSSR count). The fraction of sp³-hybridized carbons (Fsp3) is 0.625. The average molecular weight is 338 g/mol. The van der Waals surface area contributed by atoms with E-state index in [9.17, 15) is 0 Å². The summed E-state index contributed by atoms with van der Waals surface area (Å²) in [5.74, 6) is 0. The Morgan fingerprint density at radius 3 is 2.45 bits per heavy atom. The van der Waals surface area contributed by atoms with Crippen LogP contribution in [0, 0.1) is 0 Å². The molecule has 2 atom stereocenters. The van der Waals surface area contributed by atoms with Gasteiger partial charge in [0.2, 0.25) is 0 Å². The van der Waals surface area contributed by atoms with Gasteiger partial charge in [-0.05, 0) is 30.7 Å². The van der Waals surface area contributed by atoms with Crippen molar-refractivity contribution in [1.82, 2.24) is 15.1 Å². The molecule has 3 aliphatic rings. The SMILES string of the molecule is CCNC(Cc1ccc(Br)cc1)C1CN2CCN1CC2. The van der Waals surface area contributed by atoms with Gasteiger partial charge in [-0.3, -0.25) is 9.80 Å². The fourth-order valence-electron chi connectivity index (χ4n) is 3.52. The maximum Gasteiger partial charge on any atom is 0.0380 e. The smallest absolute Gasteiger partial charge is 0.0380 e. The van der Waals surface area contributed by atoms with Crippen molar-refractivity contribution in [2.75, 3.05) is 39.3 Å². The molecular formula is C16H24BrN3. The van der Waals surface area contributed by atoms with Crippen LogP contribution in [0.15, 0.2) is 28.7 Å². The van der Waals surface area contributed by atoms with Crippen molar-refractivity contribution in [1.29, 1.82) is 0 Å². The maximum atomic E-state index is 3.72. The first-order valence-corrected chi connectivity index (χ1v) is 8.50. The van der Waals surface area contributed by atoms with Gasteiger partial charge in [0.05, 0.1) is 0 Å². The first-order chi connectivity index (χ1) is 9.76. The first-order valence-electron chi connectivity index (χ1n) is 7.70. The standard InChI is InChI=1S/C16H24BrN3/c1-2-18-15(11-13-3-5-14(17)6-4-13)16-12-19-7-9-20(16)10-8-19/h3-6,15-16,18H,2,7-12H2,1H3.